The average molecular weight is 384 g/mol. The van der Waals surface area contributed by atoms with Crippen LogP contribution in [0.2, 0.25) is 0 Å². The molecule has 4 rings (SSSR count). The van der Waals surface area contributed by atoms with Gasteiger partial charge in [-0.1, -0.05) is 35.5 Å². The number of benzene rings is 1. The molecule has 0 unspecified atom stereocenters. The molecule has 1 aromatic carbocycles. The molecule has 10 heteroatoms. The molecule has 3 aromatic heterocycles. The lowest BCUT2D eigenvalue weighted by Crippen LogP contribution is -2.25. The molecule has 0 aliphatic carbocycles. The molecule has 0 fully saturated rings. The quantitative estimate of drug-likeness (QED) is 0.540. The normalized spacial score (nSPS) is 11.9. The molecule has 4 aromatic rings. The van der Waals surface area contributed by atoms with Crippen LogP contribution in [0.4, 0.5) is 0 Å². The minimum absolute atomic E-state index is 0.0259. The third kappa shape index (κ3) is 3.32. The van der Waals surface area contributed by atoms with Gasteiger partial charge in [0, 0.05) is 12.1 Å². The topological polar surface area (TPSA) is 116 Å². The summed E-state index contributed by atoms with van der Waals surface area (Å²) < 4.78 is 34.9. The van der Waals surface area contributed by atoms with Crippen molar-refractivity contribution in [3.8, 4) is 11.3 Å². The molecule has 0 saturated heterocycles. The van der Waals surface area contributed by atoms with Crippen LogP contribution >= 0.6 is 0 Å². The van der Waals surface area contributed by atoms with Gasteiger partial charge in [-0.25, -0.2) is 18.1 Å². The van der Waals surface area contributed by atoms with Crippen molar-refractivity contribution < 1.29 is 12.9 Å². The molecule has 0 spiro atoms. The van der Waals surface area contributed by atoms with E-state index in [1.165, 1.54) is 12.3 Å². The molecule has 0 saturated carbocycles. The summed E-state index contributed by atoms with van der Waals surface area (Å²) in [6, 6.07) is 10.9. The standard InChI is InChI=1S/C17H16N6O3S/c1-2-23-11-19-21-15(23)10-20-27(24,25)13-8-14-16(12-6-4-3-5-7-12)22-26-17(14)18-9-13/h3-9,11,20H,2,10H2,1H3. The van der Waals surface area contributed by atoms with Gasteiger partial charge in [-0.2, -0.15) is 0 Å². The maximum absolute atomic E-state index is 12.7. The average Bonchev–Trinajstić information content (AvgIpc) is 3.33. The summed E-state index contributed by atoms with van der Waals surface area (Å²) in [7, 11) is -3.79. The van der Waals surface area contributed by atoms with Crippen LogP contribution in [0.25, 0.3) is 22.4 Å². The van der Waals surface area contributed by atoms with Crippen LogP contribution in [0, 0.1) is 0 Å². The predicted molar refractivity (Wildman–Crippen MR) is 97.0 cm³/mol. The Hall–Kier alpha value is -3.11. The maximum Gasteiger partial charge on any atom is 0.258 e. The molecule has 0 aliphatic rings. The smallest absolute Gasteiger partial charge is 0.258 e. The summed E-state index contributed by atoms with van der Waals surface area (Å²) in [5, 5.41) is 12.3. The minimum atomic E-state index is -3.79. The van der Waals surface area contributed by atoms with Gasteiger partial charge in [0.2, 0.25) is 10.0 Å². The van der Waals surface area contributed by atoms with Crippen LogP contribution in [0.5, 0.6) is 0 Å². The van der Waals surface area contributed by atoms with Crippen molar-refractivity contribution in [2.45, 2.75) is 24.9 Å². The number of nitrogens with one attached hydrogen (secondary N) is 1. The van der Waals surface area contributed by atoms with E-state index in [1.54, 1.807) is 10.9 Å². The number of hydrogen-bond donors (Lipinski definition) is 1. The Morgan fingerprint density at radius 2 is 2.04 bits per heavy atom. The van der Waals surface area contributed by atoms with Crippen molar-refractivity contribution in [1.29, 1.82) is 0 Å². The number of pyridine rings is 1. The van der Waals surface area contributed by atoms with Crippen molar-refractivity contribution in [3.05, 3.63) is 54.7 Å². The Balaban J connectivity index is 1.66. The van der Waals surface area contributed by atoms with Gasteiger partial charge in [0.1, 0.15) is 22.7 Å². The van der Waals surface area contributed by atoms with Crippen molar-refractivity contribution >= 4 is 21.1 Å². The Morgan fingerprint density at radius 1 is 1.22 bits per heavy atom. The molecule has 0 aliphatic heterocycles. The number of nitrogens with zero attached hydrogens (tertiary/aromatic N) is 5. The second kappa shape index (κ2) is 6.89. The van der Waals surface area contributed by atoms with Crippen LogP contribution in [-0.2, 0) is 23.1 Å². The number of sulfonamides is 1. The summed E-state index contributed by atoms with van der Waals surface area (Å²) in [5.41, 5.74) is 1.64. The highest BCUT2D eigenvalue weighted by atomic mass is 32.2. The van der Waals surface area contributed by atoms with Crippen molar-refractivity contribution in [1.82, 2.24) is 29.6 Å². The Morgan fingerprint density at radius 3 is 2.81 bits per heavy atom. The van der Waals surface area contributed by atoms with Gasteiger partial charge in [-0.3, -0.25) is 0 Å². The highest BCUT2D eigenvalue weighted by Gasteiger charge is 2.20. The molecule has 0 radical (unpaired) electrons. The van der Waals surface area contributed by atoms with Gasteiger partial charge in [0.05, 0.1) is 18.1 Å². The van der Waals surface area contributed by atoms with Crippen LogP contribution in [0.1, 0.15) is 12.7 Å². The van der Waals surface area contributed by atoms with E-state index in [0.717, 1.165) is 5.56 Å². The fraction of sp³-hybridized carbons (Fsp3) is 0.176. The lowest BCUT2D eigenvalue weighted by Gasteiger charge is -2.07. The number of hydrogen-bond acceptors (Lipinski definition) is 7. The van der Waals surface area contributed by atoms with E-state index < -0.39 is 10.0 Å². The monoisotopic (exact) mass is 384 g/mol. The third-order valence-electron chi connectivity index (χ3n) is 4.12. The Bertz CT molecular complexity index is 1180. The van der Waals surface area contributed by atoms with E-state index in [-0.39, 0.29) is 17.2 Å². The first-order chi connectivity index (χ1) is 13.1. The van der Waals surface area contributed by atoms with Crippen molar-refractivity contribution in [2.24, 2.45) is 0 Å². The first-order valence-corrected chi connectivity index (χ1v) is 9.74. The number of rotatable bonds is 6. The molecule has 1 N–H and O–H groups in total. The zero-order valence-electron chi connectivity index (χ0n) is 14.4. The molecular weight excluding hydrogens is 368 g/mol. The fourth-order valence-corrected chi connectivity index (χ4v) is 3.64. The van der Waals surface area contributed by atoms with Crippen molar-refractivity contribution in [2.75, 3.05) is 0 Å². The second-order valence-electron chi connectivity index (χ2n) is 5.78. The highest BCUT2D eigenvalue weighted by molar-refractivity contribution is 7.89. The lowest BCUT2D eigenvalue weighted by atomic mass is 10.1. The summed E-state index contributed by atoms with van der Waals surface area (Å²) in [5.74, 6) is 0.532. The first kappa shape index (κ1) is 17.3. The molecular formula is C17H16N6O3S. The van der Waals surface area contributed by atoms with Crippen molar-refractivity contribution in [3.63, 3.8) is 0 Å². The van der Waals surface area contributed by atoms with E-state index in [2.05, 4.69) is 25.1 Å². The van der Waals surface area contributed by atoms with E-state index in [1.807, 2.05) is 37.3 Å². The number of aryl methyl sites for hydroxylation is 1. The van der Waals surface area contributed by atoms with E-state index in [9.17, 15) is 8.42 Å². The van der Waals surface area contributed by atoms with Gasteiger partial charge in [-0.15, -0.1) is 10.2 Å². The zero-order chi connectivity index (χ0) is 18.9. The molecule has 9 nitrogen and oxygen atoms in total. The molecule has 0 atom stereocenters. The summed E-state index contributed by atoms with van der Waals surface area (Å²) >= 11 is 0. The molecule has 0 amide bonds. The first-order valence-electron chi connectivity index (χ1n) is 8.25. The maximum atomic E-state index is 12.7. The molecule has 27 heavy (non-hydrogen) atoms. The summed E-state index contributed by atoms with van der Waals surface area (Å²) in [6.45, 7) is 2.61. The van der Waals surface area contributed by atoms with Crippen LogP contribution in [0.3, 0.4) is 0 Å². The minimum Gasteiger partial charge on any atom is -0.335 e. The predicted octanol–water partition coefficient (Wildman–Crippen LogP) is 1.98. The van der Waals surface area contributed by atoms with Gasteiger partial charge in [0.25, 0.3) is 5.71 Å². The second-order valence-corrected chi connectivity index (χ2v) is 7.55. The SMILES string of the molecule is CCn1cnnc1CNS(=O)(=O)c1cnc2onc(-c3ccccc3)c2c1. The Kier molecular flexibility index (Phi) is 4.42. The summed E-state index contributed by atoms with van der Waals surface area (Å²) in [6.07, 6.45) is 2.80. The van der Waals surface area contributed by atoms with E-state index in [4.69, 9.17) is 4.52 Å². The molecule has 138 valence electrons. The van der Waals surface area contributed by atoms with Crippen LogP contribution < -0.4 is 4.72 Å². The van der Waals surface area contributed by atoms with Crippen LogP contribution in [-0.4, -0.2) is 33.3 Å². The summed E-state index contributed by atoms with van der Waals surface area (Å²) in [4.78, 5) is 4.12. The van der Waals surface area contributed by atoms with Crippen LogP contribution in [0.15, 0.2) is 58.3 Å². The van der Waals surface area contributed by atoms with Gasteiger partial charge < -0.3 is 9.09 Å². The van der Waals surface area contributed by atoms with Gasteiger partial charge in [0.15, 0.2) is 0 Å². The third-order valence-corrected chi connectivity index (χ3v) is 5.49. The fourth-order valence-electron chi connectivity index (χ4n) is 2.69. The number of aromatic nitrogens is 5. The number of fused-ring (bicyclic) bond motifs is 1. The van der Waals surface area contributed by atoms with E-state index in [0.29, 0.717) is 23.4 Å². The lowest BCUT2D eigenvalue weighted by molar-refractivity contribution is 0.451. The van der Waals surface area contributed by atoms with E-state index >= 15 is 0 Å². The van der Waals surface area contributed by atoms with Gasteiger partial charge in [-0.05, 0) is 13.0 Å². The Labute approximate surface area is 155 Å². The zero-order valence-corrected chi connectivity index (χ0v) is 15.2. The highest BCUT2D eigenvalue weighted by Crippen LogP contribution is 2.28. The molecule has 0 bridgehead atoms. The van der Waals surface area contributed by atoms with Gasteiger partial charge >= 0.3 is 0 Å². The largest absolute Gasteiger partial charge is 0.335 e. The molecule has 3 heterocycles.